The van der Waals surface area contributed by atoms with Crippen molar-refractivity contribution in [1.29, 1.82) is 0 Å². The molecule has 0 unspecified atom stereocenters. The van der Waals surface area contributed by atoms with Crippen LogP contribution in [0, 0.1) is 5.92 Å². The molecule has 1 fully saturated rings. The number of carbonyl (C=O) groups excluding carboxylic acids is 1. The largest absolute Gasteiger partial charge is 0.508 e. The van der Waals surface area contributed by atoms with Crippen molar-refractivity contribution in [3.05, 3.63) is 29.8 Å². The molecule has 4 heteroatoms. The van der Waals surface area contributed by atoms with Gasteiger partial charge in [0, 0.05) is 12.5 Å². The first-order chi connectivity index (χ1) is 8.75. The molecule has 1 aromatic rings. The van der Waals surface area contributed by atoms with Gasteiger partial charge in [0.25, 0.3) is 0 Å². The van der Waals surface area contributed by atoms with Crippen LogP contribution < -0.4 is 10.6 Å². The van der Waals surface area contributed by atoms with Crippen molar-refractivity contribution in [3.8, 4) is 5.75 Å². The van der Waals surface area contributed by atoms with Crippen LogP contribution in [0.5, 0.6) is 5.75 Å². The molecular weight excluding hydrogens is 228 g/mol. The van der Waals surface area contributed by atoms with Crippen molar-refractivity contribution >= 4 is 5.91 Å². The lowest BCUT2D eigenvalue weighted by molar-refractivity contribution is -0.125. The molecule has 4 nitrogen and oxygen atoms in total. The first-order valence-electron chi connectivity index (χ1n) is 6.52. The lowest BCUT2D eigenvalue weighted by atomic mass is 9.97. The standard InChI is InChI=1S/C14H20N2O2/c17-13-3-1-2-11(10-13)4-9-16-14(18)12-5-7-15-8-6-12/h1-3,10,12,15,17H,4-9H2,(H,16,18). The van der Waals surface area contributed by atoms with E-state index in [1.807, 2.05) is 12.1 Å². The van der Waals surface area contributed by atoms with Crippen molar-refractivity contribution in [2.75, 3.05) is 19.6 Å². The van der Waals surface area contributed by atoms with Crippen LogP contribution in [-0.4, -0.2) is 30.6 Å². The minimum atomic E-state index is 0.162. The Hall–Kier alpha value is -1.55. The van der Waals surface area contributed by atoms with Crippen molar-refractivity contribution in [2.24, 2.45) is 5.92 Å². The summed E-state index contributed by atoms with van der Waals surface area (Å²) in [6.45, 7) is 2.50. The summed E-state index contributed by atoms with van der Waals surface area (Å²) in [4.78, 5) is 11.9. The third kappa shape index (κ3) is 3.74. The minimum absolute atomic E-state index is 0.162. The summed E-state index contributed by atoms with van der Waals surface area (Å²) in [5, 5.41) is 15.6. The summed E-state index contributed by atoms with van der Waals surface area (Å²) >= 11 is 0. The Morgan fingerprint density at radius 1 is 1.39 bits per heavy atom. The van der Waals surface area contributed by atoms with Gasteiger partial charge >= 0.3 is 0 Å². The highest BCUT2D eigenvalue weighted by atomic mass is 16.3. The molecule has 2 rings (SSSR count). The number of phenolic OH excluding ortho intramolecular Hbond substituents is 1. The zero-order valence-corrected chi connectivity index (χ0v) is 10.5. The molecule has 1 aliphatic rings. The fourth-order valence-electron chi connectivity index (χ4n) is 2.27. The van der Waals surface area contributed by atoms with Gasteiger partial charge < -0.3 is 15.7 Å². The van der Waals surface area contributed by atoms with Gasteiger partial charge in [0.15, 0.2) is 0 Å². The van der Waals surface area contributed by atoms with Crippen LogP contribution in [0.3, 0.4) is 0 Å². The predicted octanol–water partition coefficient (Wildman–Crippen LogP) is 1.05. The average Bonchev–Trinajstić information content (AvgIpc) is 2.40. The molecular formula is C14H20N2O2. The summed E-state index contributed by atoms with van der Waals surface area (Å²) in [6.07, 6.45) is 2.61. The Balaban J connectivity index is 1.73. The van der Waals surface area contributed by atoms with E-state index in [1.165, 1.54) is 0 Å². The average molecular weight is 248 g/mol. The number of piperidine rings is 1. The van der Waals surface area contributed by atoms with Gasteiger partial charge in [-0.25, -0.2) is 0 Å². The molecule has 98 valence electrons. The monoisotopic (exact) mass is 248 g/mol. The van der Waals surface area contributed by atoms with Crippen LogP contribution in [0.25, 0.3) is 0 Å². The Kier molecular flexibility index (Phi) is 4.59. The molecule has 0 saturated carbocycles. The van der Waals surface area contributed by atoms with E-state index in [2.05, 4.69) is 10.6 Å². The molecule has 0 radical (unpaired) electrons. The Morgan fingerprint density at radius 3 is 2.89 bits per heavy atom. The van der Waals surface area contributed by atoms with Gasteiger partial charge in [-0.1, -0.05) is 12.1 Å². The molecule has 0 spiro atoms. The fourth-order valence-corrected chi connectivity index (χ4v) is 2.27. The first kappa shape index (κ1) is 12.9. The lowest BCUT2D eigenvalue weighted by Crippen LogP contribution is -2.38. The maximum atomic E-state index is 11.9. The van der Waals surface area contributed by atoms with Gasteiger partial charge in [0.2, 0.25) is 5.91 Å². The third-order valence-electron chi connectivity index (χ3n) is 3.33. The molecule has 18 heavy (non-hydrogen) atoms. The number of nitrogens with one attached hydrogen (secondary N) is 2. The van der Waals surface area contributed by atoms with Crippen LogP contribution in [0.1, 0.15) is 18.4 Å². The number of amides is 1. The van der Waals surface area contributed by atoms with Crippen LogP contribution in [-0.2, 0) is 11.2 Å². The van der Waals surface area contributed by atoms with Crippen molar-refractivity contribution < 1.29 is 9.90 Å². The highest BCUT2D eigenvalue weighted by Crippen LogP contribution is 2.12. The second-order valence-electron chi connectivity index (χ2n) is 4.74. The summed E-state index contributed by atoms with van der Waals surface area (Å²) in [6, 6.07) is 7.16. The zero-order valence-electron chi connectivity index (χ0n) is 10.5. The maximum absolute atomic E-state index is 11.9. The maximum Gasteiger partial charge on any atom is 0.223 e. The third-order valence-corrected chi connectivity index (χ3v) is 3.33. The second kappa shape index (κ2) is 6.40. The number of hydrogen-bond acceptors (Lipinski definition) is 3. The Labute approximate surface area is 107 Å². The van der Waals surface area contributed by atoms with Gasteiger partial charge in [-0.15, -0.1) is 0 Å². The molecule has 0 bridgehead atoms. The molecule has 1 aromatic carbocycles. The molecule has 0 aromatic heterocycles. The summed E-state index contributed by atoms with van der Waals surface area (Å²) in [7, 11) is 0. The zero-order chi connectivity index (χ0) is 12.8. The molecule has 3 N–H and O–H groups in total. The van der Waals surface area contributed by atoms with Crippen LogP contribution in [0.15, 0.2) is 24.3 Å². The van der Waals surface area contributed by atoms with Crippen molar-refractivity contribution in [3.63, 3.8) is 0 Å². The number of rotatable bonds is 4. The Morgan fingerprint density at radius 2 is 2.17 bits per heavy atom. The summed E-state index contributed by atoms with van der Waals surface area (Å²) < 4.78 is 0. The van der Waals surface area contributed by atoms with Gasteiger partial charge in [-0.2, -0.15) is 0 Å². The van der Waals surface area contributed by atoms with E-state index in [-0.39, 0.29) is 17.6 Å². The summed E-state index contributed by atoms with van der Waals surface area (Å²) in [5.74, 6) is 0.601. The van der Waals surface area contributed by atoms with E-state index in [1.54, 1.807) is 12.1 Å². The number of phenols is 1. The van der Waals surface area contributed by atoms with Gasteiger partial charge in [0.05, 0.1) is 0 Å². The molecule has 0 atom stereocenters. The van der Waals surface area contributed by atoms with E-state index in [9.17, 15) is 9.90 Å². The topological polar surface area (TPSA) is 61.4 Å². The van der Waals surface area contributed by atoms with E-state index in [0.717, 1.165) is 37.9 Å². The molecule has 0 aliphatic carbocycles. The highest BCUT2D eigenvalue weighted by molar-refractivity contribution is 5.78. The minimum Gasteiger partial charge on any atom is -0.508 e. The van der Waals surface area contributed by atoms with Crippen LogP contribution in [0.4, 0.5) is 0 Å². The van der Waals surface area contributed by atoms with Gasteiger partial charge in [0.1, 0.15) is 5.75 Å². The fraction of sp³-hybridized carbons (Fsp3) is 0.500. The number of carbonyl (C=O) groups is 1. The van der Waals surface area contributed by atoms with Crippen molar-refractivity contribution in [1.82, 2.24) is 10.6 Å². The Bertz CT molecular complexity index is 401. The molecule has 1 heterocycles. The molecule has 1 amide bonds. The predicted molar refractivity (Wildman–Crippen MR) is 70.4 cm³/mol. The number of benzene rings is 1. The van der Waals surface area contributed by atoms with Crippen LogP contribution in [0.2, 0.25) is 0 Å². The van der Waals surface area contributed by atoms with E-state index < -0.39 is 0 Å². The lowest BCUT2D eigenvalue weighted by Gasteiger charge is -2.21. The number of aromatic hydroxyl groups is 1. The van der Waals surface area contributed by atoms with E-state index in [0.29, 0.717) is 6.54 Å². The molecule has 1 aliphatic heterocycles. The van der Waals surface area contributed by atoms with Crippen molar-refractivity contribution in [2.45, 2.75) is 19.3 Å². The van der Waals surface area contributed by atoms with E-state index in [4.69, 9.17) is 0 Å². The molecule has 1 saturated heterocycles. The SMILES string of the molecule is O=C(NCCc1cccc(O)c1)C1CCNCC1. The van der Waals surface area contributed by atoms with Gasteiger partial charge in [-0.3, -0.25) is 4.79 Å². The smallest absolute Gasteiger partial charge is 0.223 e. The second-order valence-corrected chi connectivity index (χ2v) is 4.74. The highest BCUT2D eigenvalue weighted by Gasteiger charge is 2.19. The van der Waals surface area contributed by atoms with Gasteiger partial charge in [-0.05, 0) is 50.0 Å². The first-order valence-corrected chi connectivity index (χ1v) is 6.52. The van der Waals surface area contributed by atoms with Crippen LogP contribution >= 0.6 is 0 Å². The normalized spacial score (nSPS) is 16.4. The number of hydrogen-bond donors (Lipinski definition) is 3. The summed E-state index contributed by atoms with van der Waals surface area (Å²) in [5.41, 5.74) is 1.04. The van der Waals surface area contributed by atoms with E-state index >= 15 is 0 Å². The quantitative estimate of drug-likeness (QED) is 0.746.